The highest BCUT2D eigenvalue weighted by Gasteiger charge is 2.27. The van der Waals surface area contributed by atoms with Gasteiger partial charge in [0.1, 0.15) is 6.61 Å². The van der Waals surface area contributed by atoms with E-state index in [1.165, 1.54) is 0 Å². The topological polar surface area (TPSA) is 41.5 Å². The Labute approximate surface area is 87.6 Å². The molecule has 0 spiro atoms. The summed E-state index contributed by atoms with van der Waals surface area (Å²) in [6.45, 7) is 1.29. The maximum Gasteiger partial charge on any atom is 0.411 e. The van der Waals surface area contributed by atoms with Crippen LogP contribution in [0.1, 0.15) is 19.8 Å². The van der Waals surface area contributed by atoms with Gasteiger partial charge in [-0.2, -0.15) is 13.2 Å². The molecule has 0 bridgehead atoms. The highest BCUT2D eigenvalue weighted by Crippen LogP contribution is 2.13. The molecule has 1 unspecified atom stereocenters. The van der Waals surface area contributed by atoms with E-state index in [0.717, 1.165) is 6.42 Å². The van der Waals surface area contributed by atoms with Gasteiger partial charge in [-0.1, -0.05) is 0 Å². The Bertz CT molecular complexity index is 153. The van der Waals surface area contributed by atoms with Crippen LogP contribution in [0.2, 0.25) is 0 Å². The van der Waals surface area contributed by atoms with Gasteiger partial charge < -0.3 is 15.2 Å². The molecule has 92 valence electrons. The van der Waals surface area contributed by atoms with Gasteiger partial charge in [-0.3, -0.25) is 0 Å². The van der Waals surface area contributed by atoms with Crippen molar-refractivity contribution < 1.29 is 23.0 Å². The number of aliphatic hydroxyl groups excluding tert-OH is 1. The predicted octanol–water partition coefficient (Wildman–Crippen LogP) is 1.32. The van der Waals surface area contributed by atoms with Crippen LogP contribution in [0.4, 0.5) is 13.2 Å². The van der Waals surface area contributed by atoms with Crippen LogP contribution in [0, 0.1) is 0 Å². The molecule has 0 saturated heterocycles. The van der Waals surface area contributed by atoms with Crippen molar-refractivity contribution in [1.29, 1.82) is 0 Å². The first kappa shape index (κ1) is 14.7. The zero-order valence-electron chi connectivity index (χ0n) is 8.81. The van der Waals surface area contributed by atoms with Gasteiger partial charge in [-0.25, -0.2) is 0 Å². The van der Waals surface area contributed by atoms with Crippen LogP contribution in [-0.4, -0.2) is 43.7 Å². The normalized spacial score (nSPS) is 14.2. The minimum atomic E-state index is -4.25. The average Bonchev–Trinajstić information content (AvgIpc) is 2.12. The van der Waals surface area contributed by atoms with Crippen LogP contribution in [0.15, 0.2) is 0 Å². The smallest absolute Gasteiger partial charge is 0.396 e. The molecule has 0 fully saturated rings. The lowest BCUT2D eigenvalue weighted by Gasteiger charge is -2.13. The molecule has 0 heterocycles. The van der Waals surface area contributed by atoms with E-state index in [1.54, 1.807) is 0 Å². The molecule has 1 atom stereocenters. The van der Waals surface area contributed by atoms with Crippen LogP contribution in [-0.2, 0) is 4.74 Å². The summed E-state index contributed by atoms with van der Waals surface area (Å²) in [4.78, 5) is 0. The maximum absolute atomic E-state index is 11.6. The number of nitrogens with one attached hydrogen (secondary N) is 1. The summed E-state index contributed by atoms with van der Waals surface area (Å²) in [5.41, 5.74) is 0. The molecule has 2 N–H and O–H groups in total. The van der Waals surface area contributed by atoms with Gasteiger partial charge in [0, 0.05) is 19.2 Å². The van der Waals surface area contributed by atoms with Crippen molar-refractivity contribution in [3.63, 3.8) is 0 Å². The van der Waals surface area contributed by atoms with Crippen molar-refractivity contribution in [2.45, 2.75) is 32.0 Å². The molecule has 0 aromatic carbocycles. The summed E-state index contributed by atoms with van der Waals surface area (Å²) in [5.74, 6) is 0. The Morgan fingerprint density at radius 2 is 2.07 bits per heavy atom. The second-order valence-electron chi connectivity index (χ2n) is 3.39. The summed E-state index contributed by atoms with van der Waals surface area (Å²) >= 11 is 0. The molecule has 0 saturated carbocycles. The van der Waals surface area contributed by atoms with Gasteiger partial charge in [0.25, 0.3) is 0 Å². The first-order valence-electron chi connectivity index (χ1n) is 4.94. The van der Waals surface area contributed by atoms with Crippen LogP contribution >= 0.6 is 0 Å². The van der Waals surface area contributed by atoms with Gasteiger partial charge in [0.15, 0.2) is 0 Å². The highest BCUT2D eigenvalue weighted by atomic mass is 19.4. The van der Waals surface area contributed by atoms with Gasteiger partial charge in [0.2, 0.25) is 0 Å². The van der Waals surface area contributed by atoms with Gasteiger partial charge in [0.05, 0.1) is 6.61 Å². The summed E-state index contributed by atoms with van der Waals surface area (Å²) in [6.07, 6.45) is -2.75. The number of ether oxygens (including phenoxy) is 1. The van der Waals surface area contributed by atoms with E-state index in [9.17, 15) is 13.2 Å². The minimum absolute atomic E-state index is 0.0446. The first-order chi connectivity index (χ1) is 6.95. The maximum atomic E-state index is 11.6. The van der Waals surface area contributed by atoms with Crippen molar-refractivity contribution in [3.05, 3.63) is 0 Å². The summed E-state index contributed by atoms with van der Waals surface area (Å²) in [5, 5.41) is 11.5. The number of halogens is 3. The number of rotatable bonds is 8. The van der Waals surface area contributed by atoms with Gasteiger partial charge in [-0.05, 0) is 19.8 Å². The summed E-state index contributed by atoms with van der Waals surface area (Å²) < 4.78 is 39.3. The molecule has 0 aromatic rings. The molecular weight excluding hydrogens is 211 g/mol. The van der Waals surface area contributed by atoms with Crippen molar-refractivity contribution in [2.75, 3.05) is 26.4 Å². The molecule has 6 heteroatoms. The van der Waals surface area contributed by atoms with E-state index in [1.807, 2.05) is 6.92 Å². The highest BCUT2D eigenvalue weighted by molar-refractivity contribution is 4.59. The number of aliphatic hydroxyl groups is 1. The molecular formula is C9H18F3NO2. The first-order valence-corrected chi connectivity index (χ1v) is 4.94. The van der Waals surface area contributed by atoms with E-state index in [-0.39, 0.29) is 19.3 Å². The van der Waals surface area contributed by atoms with Crippen molar-refractivity contribution in [3.8, 4) is 0 Å². The van der Waals surface area contributed by atoms with Gasteiger partial charge in [-0.15, -0.1) is 0 Å². The molecule has 0 aliphatic rings. The fourth-order valence-electron chi connectivity index (χ4n) is 1.06. The SMILES string of the molecule is CC(CCCO)NCCOCC(F)(F)F. The fraction of sp³-hybridized carbons (Fsp3) is 1.00. The largest absolute Gasteiger partial charge is 0.411 e. The number of hydrogen-bond donors (Lipinski definition) is 2. The Hall–Kier alpha value is -0.330. The molecule has 0 aliphatic heterocycles. The average molecular weight is 229 g/mol. The monoisotopic (exact) mass is 229 g/mol. The zero-order chi connectivity index (χ0) is 11.7. The molecule has 15 heavy (non-hydrogen) atoms. The molecule has 0 amide bonds. The van der Waals surface area contributed by atoms with Crippen LogP contribution in [0.3, 0.4) is 0 Å². The third-order valence-corrected chi connectivity index (χ3v) is 1.80. The van der Waals surface area contributed by atoms with Crippen molar-refractivity contribution in [1.82, 2.24) is 5.32 Å². The van der Waals surface area contributed by atoms with E-state index in [4.69, 9.17) is 5.11 Å². The number of alkyl halides is 3. The Morgan fingerprint density at radius 1 is 1.40 bits per heavy atom. The second kappa shape index (κ2) is 7.90. The van der Waals surface area contributed by atoms with Crippen LogP contribution in [0.5, 0.6) is 0 Å². The van der Waals surface area contributed by atoms with Crippen LogP contribution < -0.4 is 5.32 Å². The Balaban J connectivity index is 3.23. The molecule has 0 aliphatic carbocycles. The lowest BCUT2D eigenvalue weighted by atomic mass is 10.2. The molecule has 0 aromatic heterocycles. The van der Waals surface area contributed by atoms with Crippen molar-refractivity contribution >= 4 is 0 Å². The summed E-state index contributed by atoms with van der Waals surface area (Å²) in [7, 11) is 0. The third kappa shape index (κ3) is 11.6. The van der Waals surface area contributed by atoms with Crippen LogP contribution in [0.25, 0.3) is 0 Å². The Kier molecular flexibility index (Phi) is 7.72. The van der Waals surface area contributed by atoms with E-state index < -0.39 is 12.8 Å². The quantitative estimate of drug-likeness (QED) is 0.617. The third-order valence-electron chi connectivity index (χ3n) is 1.80. The molecule has 0 rings (SSSR count). The zero-order valence-corrected chi connectivity index (χ0v) is 8.81. The van der Waals surface area contributed by atoms with E-state index in [0.29, 0.717) is 13.0 Å². The van der Waals surface area contributed by atoms with E-state index in [2.05, 4.69) is 10.1 Å². The van der Waals surface area contributed by atoms with Gasteiger partial charge >= 0.3 is 6.18 Å². The van der Waals surface area contributed by atoms with E-state index >= 15 is 0 Å². The molecule has 3 nitrogen and oxygen atoms in total. The predicted molar refractivity (Wildman–Crippen MR) is 50.7 cm³/mol. The number of hydrogen-bond acceptors (Lipinski definition) is 3. The molecule has 0 radical (unpaired) electrons. The standard InChI is InChI=1S/C9H18F3NO2/c1-8(3-2-5-14)13-4-6-15-7-9(10,11)12/h8,13-14H,2-7H2,1H3. The lowest BCUT2D eigenvalue weighted by molar-refractivity contribution is -0.173. The van der Waals surface area contributed by atoms with Crippen molar-refractivity contribution in [2.24, 2.45) is 0 Å². The summed E-state index contributed by atoms with van der Waals surface area (Å²) in [6, 6.07) is 0.187. The lowest BCUT2D eigenvalue weighted by Crippen LogP contribution is -2.30. The fourth-order valence-corrected chi connectivity index (χ4v) is 1.06. The minimum Gasteiger partial charge on any atom is -0.396 e. The Morgan fingerprint density at radius 3 is 2.60 bits per heavy atom. The second-order valence-corrected chi connectivity index (χ2v) is 3.39.